The molecule has 0 atom stereocenters. The lowest BCUT2D eigenvalue weighted by molar-refractivity contribution is -0.132. The van der Waals surface area contributed by atoms with Gasteiger partial charge in [-0.15, -0.1) is 0 Å². The minimum atomic E-state index is 0.0294. The molecule has 2 aromatic rings. The highest BCUT2D eigenvalue weighted by molar-refractivity contribution is 6.31. The molecule has 0 spiro atoms. The van der Waals surface area contributed by atoms with E-state index in [0.717, 1.165) is 16.8 Å². The number of rotatable bonds is 4. The Balaban J connectivity index is 1.76. The monoisotopic (exact) mass is 324 g/mol. The van der Waals surface area contributed by atoms with Gasteiger partial charge in [0.05, 0.1) is 12.3 Å². The van der Waals surface area contributed by atoms with Gasteiger partial charge in [-0.3, -0.25) is 4.79 Å². The van der Waals surface area contributed by atoms with E-state index in [9.17, 15) is 4.79 Å². The lowest BCUT2D eigenvalue weighted by Crippen LogP contribution is -2.30. The van der Waals surface area contributed by atoms with E-state index in [2.05, 4.69) is 5.10 Å². The minimum Gasteiger partial charge on any atom is -0.273 e. The first-order chi connectivity index (χ1) is 11.2. The molecule has 0 saturated heterocycles. The zero-order valence-corrected chi connectivity index (χ0v) is 13.4. The van der Waals surface area contributed by atoms with Gasteiger partial charge in [-0.05, 0) is 23.3 Å². The maximum Gasteiger partial charge on any atom is 0.243 e. The van der Waals surface area contributed by atoms with Gasteiger partial charge < -0.3 is 0 Å². The quantitative estimate of drug-likeness (QED) is 0.813. The molecule has 0 saturated carbocycles. The lowest BCUT2D eigenvalue weighted by Gasteiger charge is -2.23. The molecule has 1 amide bonds. The van der Waals surface area contributed by atoms with Gasteiger partial charge in [0, 0.05) is 17.9 Å². The highest BCUT2D eigenvalue weighted by Gasteiger charge is 2.20. The van der Waals surface area contributed by atoms with E-state index in [1.807, 2.05) is 66.7 Å². The summed E-state index contributed by atoms with van der Waals surface area (Å²) >= 11 is 6.17. The van der Waals surface area contributed by atoms with Crippen LogP contribution in [-0.4, -0.2) is 16.6 Å². The molecular formula is C19H17ClN2O. The molecule has 3 rings (SSSR count). The highest BCUT2D eigenvalue weighted by atomic mass is 35.5. The Labute approximate surface area is 140 Å². The average molecular weight is 325 g/mol. The van der Waals surface area contributed by atoms with Crippen molar-refractivity contribution >= 4 is 29.3 Å². The molecule has 0 N–H and O–H groups in total. The number of hydrogen-bond donors (Lipinski definition) is 0. The maximum atomic E-state index is 12.1. The number of carbonyl (C=O) groups is 1. The van der Waals surface area contributed by atoms with Crippen LogP contribution in [0.15, 0.2) is 65.8 Å². The smallest absolute Gasteiger partial charge is 0.243 e. The summed E-state index contributed by atoms with van der Waals surface area (Å²) in [7, 11) is 0. The third kappa shape index (κ3) is 4.08. The molecule has 0 unspecified atom stereocenters. The normalized spacial score (nSPS) is 15.1. The van der Waals surface area contributed by atoms with Crippen molar-refractivity contribution in [1.82, 2.24) is 5.01 Å². The van der Waals surface area contributed by atoms with Crippen LogP contribution in [0.1, 0.15) is 24.0 Å². The highest BCUT2D eigenvalue weighted by Crippen LogP contribution is 2.20. The second kappa shape index (κ2) is 7.25. The first kappa shape index (κ1) is 15.5. The van der Waals surface area contributed by atoms with Gasteiger partial charge in [0.25, 0.3) is 0 Å². The summed E-state index contributed by atoms with van der Waals surface area (Å²) in [4.78, 5) is 12.1. The number of allylic oxidation sites excluding steroid dienone is 1. The van der Waals surface area contributed by atoms with Crippen LogP contribution in [-0.2, 0) is 11.3 Å². The van der Waals surface area contributed by atoms with Crippen molar-refractivity contribution in [2.24, 2.45) is 5.10 Å². The van der Waals surface area contributed by atoms with E-state index in [-0.39, 0.29) is 5.91 Å². The Hall–Kier alpha value is -2.39. The summed E-state index contributed by atoms with van der Waals surface area (Å²) < 4.78 is 0. The Bertz CT molecular complexity index is 753. The van der Waals surface area contributed by atoms with E-state index >= 15 is 0 Å². The lowest BCUT2D eigenvalue weighted by atomic mass is 10.1. The molecule has 4 heteroatoms. The SMILES string of the molecule is O=C1CCC(/C=C/c2ccccc2)=NN1Cc1ccccc1Cl. The van der Waals surface area contributed by atoms with Gasteiger partial charge in [0.2, 0.25) is 5.91 Å². The summed E-state index contributed by atoms with van der Waals surface area (Å²) in [5, 5.41) is 6.63. The van der Waals surface area contributed by atoms with Crippen molar-refractivity contribution in [3.63, 3.8) is 0 Å². The number of nitrogens with zero attached hydrogens (tertiary/aromatic N) is 2. The van der Waals surface area contributed by atoms with Gasteiger partial charge in [0.1, 0.15) is 0 Å². The topological polar surface area (TPSA) is 32.7 Å². The van der Waals surface area contributed by atoms with E-state index < -0.39 is 0 Å². The average Bonchev–Trinajstić information content (AvgIpc) is 2.58. The zero-order chi connectivity index (χ0) is 16.1. The van der Waals surface area contributed by atoms with Crippen molar-refractivity contribution in [2.45, 2.75) is 19.4 Å². The summed E-state index contributed by atoms with van der Waals surface area (Å²) in [6.45, 7) is 0.404. The zero-order valence-electron chi connectivity index (χ0n) is 12.7. The largest absolute Gasteiger partial charge is 0.273 e. The second-order valence-corrected chi connectivity index (χ2v) is 5.79. The van der Waals surface area contributed by atoms with Crippen molar-refractivity contribution in [2.75, 3.05) is 0 Å². The Morgan fingerprint density at radius 3 is 2.52 bits per heavy atom. The van der Waals surface area contributed by atoms with E-state index in [0.29, 0.717) is 24.4 Å². The molecular weight excluding hydrogens is 308 g/mol. The van der Waals surface area contributed by atoms with Gasteiger partial charge in [-0.1, -0.05) is 66.2 Å². The molecule has 1 aliphatic rings. The van der Waals surface area contributed by atoms with E-state index in [4.69, 9.17) is 11.6 Å². The van der Waals surface area contributed by atoms with Gasteiger partial charge in [-0.25, -0.2) is 5.01 Å². The molecule has 0 bridgehead atoms. The maximum absolute atomic E-state index is 12.1. The van der Waals surface area contributed by atoms with Crippen LogP contribution in [0, 0.1) is 0 Å². The third-order valence-corrected chi connectivity index (χ3v) is 4.05. The van der Waals surface area contributed by atoms with E-state index in [1.54, 1.807) is 0 Å². The molecule has 0 radical (unpaired) electrons. The fourth-order valence-electron chi connectivity index (χ4n) is 2.41. The number of hydrazone groups is 1. The molecule has 0 aromatic heterocycles. The number of benzene rings is 2. The Morgan fingerprint density at radius 1 is 1.00 bits per heavy atom. The molecule has 0 aliphatic carbocycles. The molecule has 3 nitrogen and oxygen atoms in total. The fraction of sp³-hybridized carbons (Fsp3) is 0.158. The van der Waals surface area contributed by atoms with Crippen LogP contribution in [0.4, 0.5) is 0 Å². The number of halogens is 1. The fourth-order valence-corrected chi connectivity index (χ4v) is 2.61. The van der Waals surface area contributed by atoms with Crippen LogP contribution in [0.25, 0.3) is 6.08 Å². The van der Waals surface area contributed by atoms with Crippen molar-refractivity contribution in [1.29, 1.82) is 0 Å². The summed E-state index contributed by atoms with van der Waals surface area (Å²) in [5.74, 6) is 0.0294. The van der Waals surface area contributed by atoms with Crippen LogP contribution in [0.3, 0.4) is 0 Å². The van der Waals surface area contributed by atoms with Crippen LogP contribution >= 0.6 is 11.6 Å². The van der Waals surface area contributed by atoms with Gasteiger partial charge in [-0.2, -0.15) is 5.10 Å². The standard InChI is InChI=1S/C19H17ClN2O/c20-18-9-5-4-8-16(18)14-22-19(23)13-12-17(21-22)11-10-15-6-2-1-3-7-15/h1-11H,12-14H2/b11-10+. The Morgan fingerprint density at radius 2 is 1.74 bits per heavy atom. The van der Waals surface area contributed by atoms with Crippen LogP contribution in [0.5, 0.6) is 0 Å². The molecule has 0 fully saturated rings. The second-order valence-electron chi connectivity index (χ2n) is 5.38. The van der Waals surface area contributed by atoms with Gasteiger partial charge in [0.15, 0.2) is 0 Å². The first-order valence-electron chi connectivity index (χ1n) is 7.57. The Kier molecular flexibility index (Phi) is 4.89. The number of carbonyl (C=O) groups excluding carboxylic acids is 1. The predicted molar refractivity (Wildman–Crippen MR) is 94.1 cm³/mol. The van der Waals surface area contributed by atoms with Crippen molar-refractivity contribution in [3.05, 3.63) is 76.8 Å². The van der Waals surface area contributed by atoms with Crippen LogP contribution in [0.2, 0.25) is 5.02 Å². The predicted octanol–water partition coefficient (Wildman–Crippen LogP) is 4.53. The summed E-state index contributed by atoms with van der Waals surface area (Å²) in [6, 6.07) is 17.6. The molecule has 23 heavy (non-hydrogen) atoms. The van der Waals surface area contributed by atoms with Crippen molar-refractivity contribution in [3.8, 4) is 0 Å². The molecule has 116 valence electrons. The van der Waals surface area contributed by atoms with Crippen molar-refractivity contribution < 1.29 is 4.79 Å². The number of hydrogen-bond acceptors (Lipinski definition) is 2. The molecule has 1 heterocycles. The number of amides is 1. The van der Waals surface area contributed by atoms with Crippen LogP contribution < -0.4 is 0 Å². The third-order valence-electron chi connectivity index (χ3n) is 3.68. The minimum absolute atomic E-state index is 0.0294. The summed E-state index contributed by atoms with van der Waals surface area (Å²) in [6.07, 6.45) is 5.13. The first-order valence-corrected chi connectivity index (χ1v) is 7.94. The summed E-state index contributed by atoms with van der Waals surface area (Å²) in [5.41, 5.74) is 2.92. The van der Waals surface area contributed by atoms with Gasteiger partial charge >= 0.3 is 0 Å². The molecule has 1 aliphatic heterocycles. The van der Waals surface area contributed by atoms with E-state index in [1.165, 1.54) is 5.01 Å². The molecule has 2 aromatic carbocycles.